The number of hydrogen-bond acceptors (Lipinski definition) is 0. The Morgan fingerprint density at radius 3 is 1.81 bits per heavy atom. The van der Waals surface area contributed by atoms with Gasteiger partial charge in [0.1, 0.15) is 0 Å². The van der Waals surface area contributed by atoms with Crippen LogP contribution in [0.25, 0.3) is 0 Å². The zero-order chi connectivity index (χ0) is 16.3. The smallest absolute Gasteiger partial charge is 0.0290 e. The summed E-state index contributed by atoms with van der Waals surface area (Å²) in [6.07, 6.45) is 14.1. The molecule has 0 heteroatoms. The van der Waals surface area contributed by atoms with Crippen molar-refractivity contribution in [3.63, 3.8) is 0 Å². The third kappa shape index (κ3) is 9.59. The summed E-state index contributed by atoms with van der Waals surface area (Å²) < 4.78 is 0. The molecular weight excluding hydrogens is 252 g/mol. The molecular formula is C21H44. The fourth-order valence-electron chi connectivity index (χ4n) is 4.39. The Bertz CT molecular complexity index is 230. The fourth-order valence-corrected chi connectivity index (χ4v) is 4.39. The summed E-state index contributed by atoms with van der Waals surface area (Å²) in [6.45, 7) is 16.9. The van der Waals surface area contributed by atoms with Crippen LogP contribution >= 0.6 is 0 Å². The maximum absolute atomic E-state index is 2.50. The zero-order valence-electron chi connectivity index (χ0n) is 16.3. The van der Waals surface area contributed by atoms with Crippen LogP contribution in [0, 0.1) is 23.2 Å². The van der Waals surface area contributed by atoms with Crippen molar-refractivity contribution in [2.45, 2.75) is 113 Å². The minimum absolute atomic E-state index is 0.618. The summed E-state index contributed by atoms with van der Waals surface area (Å²) in [5, 5.41) is 0. The third-order valence-corrected chi connectivity index (χ3v) is 5.19. The van der Waals surface area contributed by atoms with Crippen molar-refractivity contribution in [1.82, 2.24) is 0 Å². The van der Waals surface area contributed by atoms with Crippen molar-refractivity contribution in [3.8, 4) is 0 Å². The molecule has 0 aromatic heterocycles. The summed E-state index contributed by atoms with van der Waals surface area (Å²) in [5.74, 6) is 2.63. The Morgan fingerprint density at radius 1 is 0.714 bits per heavy atom. The van der Waals surface area contributed by atoms with Crippen LogP contribution in [0.15, 0.2) is 0 Å². The van der Waals surface area contributed by atoms with E-state index < -0.39 is 0 Å². The number of rotatable bonds is 13. The van der Waals surface area contributed by atoms with Crippen molar-refractivity contribution >= 4 is 0 Å². The molecule has 0 rings (SSSR count). The van der Waals surface area contributed by atoms with Gasteiger partial charge in [0.05, 0.1) is 0 Å². The second-order valence-corrected chi connectivity index (χ2v) is 8.37. The Kier molecular flexibility index (Phi) is 11.6. The van der Waals surface area contributed by atoms with Gasteiger partial charge in [0, 0.05) is 0 Å². The highest BCUT2D eigenvalue weighted by molar-refractivity contribution is 4.84. The van der Waals surface area contributed by atoms with Crippen LogP contribution in [0.2, 0.25) is 0 Å². The van der Waals surface area contributed by atoms with Gasteiger partial charge < -0.3 is 0 Å². The first-order valence-electron chi connectivity index (χ1n) is 9.89. The van der Waals surface area contributed by atoms with Crippen molar-refractivity contribution < 1.29 is 0 Å². The Balaban J connectivity index is 4.97. The van der Waals surface area contributed by atoms with Crippen LogP contribution in [-0.4, -0.2) is 0 Å². The summed E-state index contributed by atoms with van der Waals surface area (Å²) >= 11 is 0. The molecule has 0 heterocycles. The van der Waals surface area contributed by atoms with Gasteiger partial charge in [-0.15, -0.1) is 0 Å². The van der Waals surface area contributed by atoms with E-state index in [4.69, 9.17) is 0 Å². The van der Waals surface area contributed by atoms with Crippen molar-refractivity contribution in [1.29, 1.82) is 0 Å². The van der Waals surface area contributed by atoms with Gasteiger partial charge >= 0.3 is 0 Å². The van der Waals surface area contributed by atoms with Crippen LogP contribution in [0.3, 0.4) is 0 Å². The average Bonchev–Trinajstić information content (AvgIpc) is 2.38. The number of unbranched alkanes of at least 4 members (excludes halogenated alkanes) is 2. The van der Waals surface area contributed by atoms with E-state index in [1.807, 2.05) is 0 Å². The molecule has 0 radical (unpaired) electrons. The quantitative estimate of drug-likeness (QED) is 0.303. The lowest BCUT2D eigenvalue weighted by Gasteiger charge is -2.40. The Morgan fingerprint density at radius 2 is 1.33 bits per heavy atom. The van der Waals surface area contributed by atoms with E-state index in [-0.39, 0.29) is 0 Å². The monoisotopic (exact) mass is 296 g/mol. The Hall–Kier alpha value is 0. The van der Waals surface area contributed by atoms with E-state index in [0.29, 0.717) is 5.41 Å². The lowest BCUT2D eigenvalue weighted by molar-refractivity contribution is 0.114. The molecule has 0 aliphatic rings. The summed E-state index contributed by atoms with van der Waals surface area (Å²) in [7, 11) is 0. The normalized spacial score (nSPS) is 17.7. The van der Waals surface area contributed by atoms with Gasteiger partial charge in [-0.1, -0.05) is 87.0 Å². The lowest BCUT2D eigenvalue weighted by atomic mass is 9.65. The average molecular weight is 297 g/mol. The van der Waals surface area contributed by atoms with E-state index >= 15 is 0 Å². The SMILES string of the molecule is CCCCCC(CC(C)C)(CC(C)CC)CC(C)CCC. The van der Waals surface area contributed by atoms with E-state index in [2.05, 4.69) is 48.5 Å². The minimum atomic E-state index is 0.618. The predicted octanol–water partition coefficient (Wildman–Crippen LogP) is 7.86. The van der Waals surface area contributed by atoms with E-state index in [1.54, 1.807) is 0 Å². The molecule has 0 aliphatic heterocycles. The van der Waals surface area contributed by atoms with Gasteiger partial charge in [0.15, 0.2) is 0 Å². The van der Waals surface area contributed by atoms with E-state index in [9.17, 15) is 0 Å². The predicted molar refractivity (Wildman–Crippen MR) is 98.8 cm³/mol. The van der Waals surface area contributed by atoms with Crippen LogP contribution in [0.4, 0.5) is 0 Å². The highest BCUT2D eigenvalue weighted by Gasteiger charge is 2.33. The van der Waals surface area contributed by atoms with Crippen LogP contribution < -0.4 is 0 Å². The molecule has 0 aromatic rings. The second-order valence-electron chi connectivity index (χ2n) is 8.37. The maximum Gasteiger partial charge on any atom is -0.0290 e. The zero-order valence-corrected chi connectivity index (χ0v) is 16.3. The fraction of sp³-hybridized carbons (Fsp3) is 1.00. The van der Waals surface area contributed by atoms with Gasteiger partial charge in [-0.3, -0.25) is 0 Å². The van der Waals surface area contributed by atoms with Gasteiger partial charge in [0.25, 0.3) is 0 Å². The van der Waals surface area contributed by atoms with Crippen molar-refractivity contribution in [2.75, 3.05) is 0 Å². The third-order valence-electron chi connectivity index (χ3n) is 5.19. The highest BCUT2D eigenvalue weighted by atomic mass is 14.4. The van der Waals surface area contributed by atoms with Crippen molar-refractivity contribution in [2.24, 2.45) is 23.2 Å². The second kappa shape index (κ2) is 11.6. The van der Waals surface area contributed by atoms with Crippen LogP contribution in [-0.2, 0) is 0 Å². The first-order chi connectivity index (χ1) is 9.89. The maximum atomic E-state index is 2.50. The van der Waals surface area contributed by atoms with Crippen LogP contribution in [0.5, 0.6) is 0 Å². The van der Waals surface area contributed by atoms with Gasteiger partial charge in [0.2, 0.25) is 0 Å². The largest absolute Gasteiger partial charge is 0.0654 e. The van der Waals surface area contributed by atoms with Gasteiger partial charge in [-0.05, 0) is 48.9 Å². The summed E-state index contributed by atoms with van der Waals surface area (Å²) in [6, 6.07) is 0. The molecule has 0 spiro atoms. The molecule has 0 saturated carbocycles. The van der Waals surface area contributed by atoms with Gasteiger partial charge in [-0.25, -0.2) is 0 Å². The standard InChI is InChI=1S/C21H44/c1-8-11-12-14-21(15-18(4)5,16-19(6)10-3)17-20(7)13-9-2/h18-20H,8-17H2,1-7H3. The molecule has 0 aliphatic carbocycles. The van der Waals surface area contributed by atoms with E-state index in [1.165, 1.54) is 64.2 Å². The highest BCUT2D eigenvalue weighted by Crippen LogP contribution is 2.45. The topological polar surface area (TPSA) is 0 Å². The molecule has 3 atom stereocenters. The molecule has 0 fully saturated rings. The number of hydrogen-bond donors (Lipinski definition) is 0. The first-order valence-corrected chi connectivity index (χ1v) is 9.89. The molecule has 0 saturated heterocycles. The molecule has 3 unspecified atom stereocenters. The Labute approximate surface area is 136 Å². The molecule has 21 heavy (non-hydrogen) atoms. The van der Waals surface area contributed by atoms with Crippen LogP contribution in [0.1, 0.15) is 113 Å². The molecule has 0 nitrogen and oxygen atoms in total. The minimum Gasteiger partial charge on any atom is -0.0654 e. The summed E-state index contributed by atoms with van der Waals surface area (Å²) in [4.78, 5) is 0. The van der Waals surface area contributed by atoms with E-state index in [0.717, 1.165) is 17.8 Å². The molecule has 0 aromatic carbocycles. The summed E-state index contributed by atoms with van der Waals surface area (Å²) in [5.41, 5.74) is 0.618. The van der Waals surface area contributed by atoms with Crippen molar-refractivity contribution in [3.05, 3.63) is 0 Å². The molecule has 0 amide bonds. The first kappa shape index (κ1) is 21.0. The lowest BCUT2D eigenvalue weighted by Crippen LogP contribution is -2.28. The molecule has 128 valence electrons. The molecule has 0 N–H and O–H groups in total. The van der Waals surface area contributed by atoms with Gasteiger partial charge in [-0.2, -0.15) is 0 Å². The molecule has 0 bridgehead atoms.